The van der Waals surface area contributed by atoms with Crippen molar-refractivity contribution in [3.05, 3.63) is 21.3 Å². The molecule has 2 fully saturated rings. The molecule has 1 aromatic heterocycles. The van der Waals surface area contributed by atoms with Gasteiger partial charge in [-0.1, -0.05) is 11.6 Å². The molecule has 5 heteroatoms. The summed E-state index contributed by atoms with van der Waals surface area (Å²) >= 11 is 7.42. The highest BCUT2D eigenvalue weighted by molar-refractivity contribution is 7.12. The van der Waals surface area contributed by atoms with Crippen molar-refractivity contribution in [1.82, 2.24) is 10.2 Å². The molecule has 16 heavy (non-hydrogen) atoms. The SMILES string of the molecule is O=C(c1sccc1Cl)N1CC2CNCC2C1. The van der Waals surface area contributed by atoms with Gasteiger partial charge in [0.15, 0.2) is 0 Å². The molecule has 86 valence electrons. The van der Waals surface area contributed by atoms with Gasteiger partial charge >= 0.3 is 0 Å². The van der Waals surface area contributed by atoms with Gasteiger partial charge in [0.25, 0.3) is 5.91 Å². The number of nitrogens with zero attached hydrogens (tertiary/aromatic N) is 1. The molecule has 3 heterocycles. The van der Waals surface area contributed by atoms with Gasteiger partial charge in [-0.15, -0.1) is 11.3 Å². The zero-order chi connectivity index (χ0) is 11.1. The van der Waals surface area contributed by atoms with Crippen molar-refractivity contribution < 1.29 is 4.79 Å². The molecular weight excluding hydrogens is 244 g/mol. The molecule has 1 amide bonds. The van der Waals surface area contributed by atoms with Crippen LogP contribution in [0.25, 0.3) is 0 Å². The van der Waals surface area contributed by atoms with E-state index in [1.165, 1.54) is 11.3 Å². The monoisotopic (exact) mass is 256 g/mol. The standard InChI is InChI=1S/C11H13ClN2OS/c12-9-1-2-16-10(9)11(15)14-5-7-3-13-4-8(7)6-14/h1-2,7-8,13H,3-6H2. The van der Waals surface area contributed by atoms with E-state index in [1.54, 1.807) is 6.07 Å². The van der Waals surface area contributed by atoms with Crippen LogP contribution in [0.3, 0.4) is 0 Å². The molecule has 0 aliphatic carbocycles. The maximum atomic E-state index is 12.2. The Labute approximate surface area is 103 Å². The van der Waals surface area contributed by atoms with Gasteiger partial charge in [0.2, 0.25) is 0 Å². The number of carbonyl (C=O) groups is 1. The van der Waals surface area contributed by atoms with Crippen LogP contribution in [0.15, 0.2) is 11.4 Å². The Morgan fingerprint density at radius 3 is 2.69 bits per heavy atom. The first-order valence-corrected chi connectivity index (χ1v) is 6.74. The van der Waals surface area contributed by atoms with Crippen molar-refractivity contribution in [3.63, 3.8) is 0 Å². The van der Waals surface area contributed by atoms with Crippen LogP contribution in [0.4, 0.5) is 0 Å². The topological polar surface area (TPSA) is 32.3 Å². The molecule has 1 aromatic rings. The molecule has 0 bridgehead atoms. The summed E-state index contributed by atoms with van der Waals surface area (Å²) in [6.45, 7) is 3.86. The van der Waals surface area contributed by atoms with Crippen LogP contribution in [0.2, 0.25) is 5.02 Å². The fourth-order valence-corrected chi connectivity index (χ4v) is 3.71. The van der Waals surface area contributed by atoms with Gasteiger partial charge in [-0.25, -0.2) is 0 Å². The predicted octanol–water partition coefficient (Wildman–Crippen LogP) is 1.69. The van der Waals surface area contributed by atoms with Crippen LogP contribution in [0.5, 0.6) is 0 Å². The summed E-state index contributed by atoms with van der Waals surface area (Å²) < 4.78 is 0. The minimum absolute atomic E-state index is 0.106. The Bertz CT molecular complexity index is 408. The smallest absolute Gasteiger partial charge is 0.265 e. The summed E-state index contributed by atoms with van der Waals surface area (Å²) in [5, 5.41) is 5.83. The normalized spacial score (nSPS) is 28.4. The second kappa shape index (κ2) is 4.02. The van der Waals surface area contributed by atoms with E-state index in [4.69, 9.17) is 11.6 Å². The van der Waals surface area contributed by atoms with Crippen LogP contribution < -0.4 is 5.32 Å². The van der Waals surface area contributed by atoms with E-state index in [0.717, 1.165) is 26.2 Å². The van der Waals surface area contributed by atoms with Gasteiger partial charge < -0.3 is 10.2 Å². The average Bonchev–Trinajstić information content (AvgIpc) is 2.89. The molecular formula is C11H13ClN2OS. The Hall–Kier alpha value is -0.580. The van der Waals surface area contributed by atoms with E-state index in [9.17, 15) is 4.79 Å². The van der Waals surface area contributed by atoms with E-state index in [0.29, 0.717) is 21.7 Å². The maximum Gasteiger partial charge on any atom is 0.265 e. The fourth-order valence-electron chi connectivity index (χ4n) is 2.61. The van der Waals surface area contributed by atoms with E-state index >= 15 is 0 Å². The number of nitrogens with one attached hydrogen (secondary N) is 1. The highest BCUT2D eigenvalue weighted by Gasteiger charge is 2.38. The number of hydrogen-bond donors (Lipinski definition) is 1. The molecule has 2 unspecified atom stereocenters. The van der Waals surface area contributed by atoms with Gasteiger partial charge in [0.05, 0.1) is 5.02 Å². The molecule has 2 aliphatic rings. The summed E-state index contributed by atoms with van der Waals surface area (Å²) in [7, 11) is 0. The minimum Gasteiger partial charge on any atom is -0.337 e. The average molecular weight is 257 g/mol. The highest BCUT2D eigenvalue weighted by Crippen LogP contribution is 2.30. The second-order valence-electron chi connectivity index (χ2n) is 4.49. The van der Waals surface area contributed by atoms with Crippen LogP contribution in [-0.2, 0) is 0 Å². The minimum atomic E-state index is 0.106. The molecule has 0 spiro atoms. The molecule has 2 saturated heterocycles. The lowest BCUT2D eigenvalue weighted by Crippen LogP contribution is -2.31. The van der Waals surface area contributed by atoms with Crippen molar-refractivity contribution in [2.75, 3.05) is 26.2 Å². The molecule has 3 rings (SSSR count). The molecule has 2 aliphatic heterocycles. The van der Waals surface area contributed by atoms with Gasteiger partial charge in [-0.2, -0.15) is 0 Å². The lowest BCUT2D eigenvalue weighted by molar-refractivity contribution is 0.0786. The van der Waals surface area contributed by atoms with E-state index < -0.39 is 0 Å². The van der Waals surface area contributed by atoms with E-state index in [-0.39, 0.29) is 5.91 Å². The number of thiophene rings is 1. The Balaban J connectivity index is 1.75. The summed E-state index contributed by atoms with van der Waals surface area (Å²) in [6, 6.07) is 1.79. The zero-order valence-corrected chi connectivity index (χ0v) is 10.4. The largest absolute Gasteiger partial charge is 0.337 e. The van der Waals surface area contributed by atoms with Crippen molar-refractivity contribution in [2.45, 2.75) is 0 Å². The Morgan fingerprint density at radius 1 is 1.44 bits per heavy atom. The van der Waals surface area contributed by atoms with Crippen molar-refractivity contribution in [2.24, 2.45) is 11.8 Å². The molecule has 1 N–H and O–H groups in total. The quantitative estimate of drug-likeness (QED) is 0.830. The molecule has 2 atom stereocenters. The van der Waals surface area contributed by atoms with Crippen LogP contribution in [-0.4, -0.2) is 37.0 Å². The number of rotatable bonds is 1. The van der Waals surface area contributed by atoms with E-state index in [2.05, 4.69) is 5.32 Å². The number of hydrogen-bond acceptors (Lipinski definition) is 3. The van der Waals surface area contributed by atoms with Gasteiger partial charge in [-0.3, -0.25) is 4.79 Å². The molecule has 0 radical (unpaired) electrons. The highest BCUT2D eigenvalue weighted by atomic mass is 35.5. The predicted molar refractivity (Wildman–Crippen MR) is 65.1 cm³/mol. The summed E-state index contributed by atoms with van der Waals surface area (Å²) in [5.74, 6) is 1.39. The first-order valence-electron chi connectivity index (χ1n) is 5.48. The summed E-state index contributed by atoms with van der Waals surface area (Å²) in [5.41, 5.74) is 0. The molecule has 3 nitrogen and oxygen atoms in total. The summed E-state index contributed by atoms with van der Waals surface area (Å²) in [6.07, 6.45) is 0. The van der Waals surface area contributed by atoms with Crippen molar-refractivity contribution >= 4 is 28.8 Å². The van der Waals surface area contributed by atoms with E-state index in [1.807, 2.05) is 10.3 Å². The summed E-state index contributed by atoms with van der Waals surface area (Å²) in [4.78, 5) is 14.8. The number of likely N-dealkylation sites (tertiary alicyclic amines) is 1. The first-order chi connectivity index (χ1) is 7.75. The van der Waals surface area contributed by atoms with Crippen LogP contribution >= 0.6 is 22.9 Å². The molecule has 0 saturated carbocycles. The molecule has 0 aromatic carbocycles. The second-order valence-corrected chi connectivity index (χ2v) is 5.81. The lowest BCUT2D eigenvalue weighted by atomic mass is 10.0. The third-order valence-electron chi connectivity index (χ3n) is 3.49. The van der Waals surface area contributed by atoms with Crippen molar-refractivity contribution in [3.8, 4) is 0 Å². The number of amides is 1. The third kappa shape index (κ3) is 1.65. The lowest BCUT2D eigenvalue weighted by Gasteiger charge is -2.16. The first kappa shape index (κ1) is 10.6. The zero-order valence-electron chi connectivity index (χ0n) is 8.78. The maximum absolute atomic E-state index is 12.2. The number of halogens is 1. The van der Waals surface area contributed by atoms with Crippen LogP contribution in [0, 0.1) is 11.8 Å². The van der Waals surface area contributed by atoms with Gasteiger partial charge in [0.1, 0.15) is 4.88 Å². The number of fused-ring (bicyclic) bond motifs is 1. The van der Waals surface area contributed by atoms with Gasteiger partial charge in [-0.05, 0) is 23.3 Å². The van der Waals surface area contributed by atoms with Crippen molar-refractivity contribution in [1.29, 1.82) is 0 Å². The Morgan fingerprint density at radius 2 is 2.12 bits per heavy atom. The van der Waals surface area contributed by atoms with Gasteiger partial charge in [0, 0.05) is 26.2 Å². The fraction of sp³-hybridized carbons (Fsp3) is 0.545. The third-order valence-corrected chi connectivity index (χ3v) is 4.82. The number of carbonyl (C=O) groups excluding carboxylic acids is 1. The van der Waals surface area contributed by atoms with Crippen LogP contribution in [0.1, 0.15) is 9.67 Å². The Kier molecular flexibility index (Phi) is 2.65.